The van der Waals surface area contributed by atoms with E-state index < -0.39 is 5.97 Å². The fourth-order valence-corrected chi connectivity index (χ4v) is 2.06. The summed E-state index contributed by atoms with van der Waals surface area (Å²) in [5.74, 6) is -0.484. The molecule has 0 bridgehead atoms. The molecule has 0 atom stereocenters. The van der Waals surface area contributed by atoms with E-state index in [0.717, 1.165) is 5.69 Å². The molecule has 0 spiro atoms. The summed E-state index contributed by atoms with van der Waals surface area (Å²) in [6.45, 7) is 1.82. The molecule has 0 saturated carbocycles. The van der Waals surface area contributed by atoms with Crippen molar-refractivity contribution in [1.82, 2.24) is 9.78 Å². The van der Waals surface area contributed by atoms with Gasteiger partial charge in [0.2, 0.25) is 0 Å². The predicted molar refractivity (Wildman–Crippen MR) is 69.7 cm³/mol. The summed E-state index contributed by atoms with van der Waals surface area (Å²) >= 11 is 11.9. The number of hydrogen-bond acceptors (Lipinski definition) is 3. The van der Waals surface area contributed by atoms with Gasteiger partial charge in [-0.3, -0.25) is 0 Å². The quantitative estimate of drug-likeness (QED) is 0.795. The van der Waals surface area contributed by atoms with Gasteiger partial charge in [0.15, 0.2) is 5.69 Å². The van der Waals surface area contributed by atoms with Gasteiger partial charge < -0.3 is 4.74 Å². The Morgan fingerprint density at radius 3 is 2.67 bits per heavy atom. The van der Waals surface area contributed by atoms with Gasteiger partial charge in [-0.15, -0.1) is 0 Å². The third-order valence-corrected chi connectivity index (χ3v) is 2.96. The van der Waals surface area contributed by atoms with E-state index in [9.17, 15) is 4.79 Å². The van der Waals surface area contributed by atoms with E-state index in [2.05, 4.69) is 9.84 Å². The fourth-order valence-electron chi connectivity index (χ4n) is 1.58. The second-order valence-electron chi connectivity index (χ2n) is 3.67. The van der Waals surface area contributed by atoms with Crippen LogP contribution in [0.3, 0.4) is 0 Å². The maximum absolute atomic E-state index is 11.4. The summed E-state index contributed by atoms with van der Waals surface area (Å²) in [5, 5.41) is 5.16. The van der Waals surface area contributed by atoms with Crippen molar-refractivity contribution in [2.45, 2.75) is 6.92 Å². The predicted octanol–water partition coefficient (Wildman–Crippen LogP) is 3.27. The first-order chi connectivity index (χ1) is 8.52. The highest BCUT2D eigenvalue weighted by Gasteiger charge is 2.14. The molecule has 4 nitrogen and oxygen atoms in total. The Hall–Kier alpha value is -1.52. The molecule has 0 unspecified atom stereocenters. The number of ether oxygens (including phenoxy) is 1. The van der Waals surface area contributed by atoms with Crippen LogP contribution in [0.5, 0.6) is 0 Å². The molecule has 0 aliphatic rings. The van der Waals surface area contributed by atoms with Gasteiger partial charge in [0.05, 0.1) is 17.8 Å². The topological polar surface area (TPSA) is 44.1 Å². The number of hydrogen-bond donors (Lipinski definition) is 0. The van der Waals surface area contributed by atoms with Crippen LogP contribution in [0.4, 0.5) is 0 Å². The first kappa shape index (κ1) is 12.9. The molecule has 0 radical (unpaired) electrons. The lowest BCUT2D eigenvalue weighted by Crippen LogP contribution is -2.04. The van der Waals surface area contributed by atoms with Crippen molar-refractivity contribution in [2.24, 2.45) is 0 Å². The van der Waals surface area contributed by atoms with E-state index in [1.54, 1.807) is 28.9 Å². The highest BCUT2D eigenvalue weighted by atomic mass is 35.5. The molecule has 0 amide bonds. The number of benzene rings is 1. The van der Waals surface area contributed by atoms with Gasteiger partial charge in [0, 0.05) is 10.7 Å². The van der Waals surface area contributed by atoms with Crippen LogP contribution in [-0.4, -0.2) is 22.9 Å². The lowest BCUT2D eigenvalue weighted by molar-refractivity contribution is 0.0593. The standard InChI is InChI=1S/C12H10Cl2N2O2/c1-7-5-10(12(17)18-2)15-16(7)11-4-3-8(13)6-9(11)14/h3-6H,1-2H3. The van der Waals surface area contributed by atoms with Gasteiger partial charge in [-0.2, -0.15) is 5.10 Å². The maximum Gasteiger partial charge on any atom is 0.358 e. The number of carbonyl (C=O) groups is 1. The minimum Gasteiger partial charge on any atom is -0.464 e. The van der Waals surface area contributed by atoms with Crippen molar-refractivity contribution < 1.29 is 9.53 Å². The molecule has 0 N–H and O–H groups in total. The normalized spacial score (nSPS) is 10.4. The van der Waals surface area contributed by atoms with Crippen molar-refractivity contribution in [3.63, 3.8) is 0 Å². The molecular weight excluding hydrogens is 275 g/mol. The molecule has 6 heteroatoms. The minimum atomic E-state index is -0.484. The van der Waals surface area contributed by atoms with E-state index in [1.807, 2.05) is 6.92 Å². The average Bonchev–Trinajstić information content (AvgIpc) is 2.70. The second-order valence-corrected chi connectivity index (χ2v) is 4.51. The van der Waals surface area contributed by atoms with E-state index in [0.29, 0.717) is 15.7 Å². The van der Waals surface area contributed by atoms with E-state index >= 15 is 0 Å². The number of carbonyl (C=O) groups excluding carboxylic acids is 1. The summed E-state index contributed by atoms with van der Waals surface area (Å²) in [7, 11) is 1.31. The minimum absolute atomic E-state index is 0.237. The van der Waals surface area contributed by atoms with Crippen LogP contribution in [0.2, 0.25) is 10.0 Å². The Morgan fingerprint density at radius 1 is 1.33 bits per heavy atom. The van der Waals surface area contributed by atoms with Gasteiger partial charge in [-0.1, -0.05) is 23.2 Å². The van der Waals surface area contributed by atoms with Crippen LogP contribution < -0.4 is 0 Å². The second kappa shape index (κ2) is 5.00. The number of aromatic nitrogens is 2. The number of halogens is 2. The van der Waals surface area contributed by atoms with Crippen molar-refractivity contribution in [1.29, 1.82) is 0 Å². The first-order valence-corrected chi connectivity index (χ1v) is 5.89. The molecule has 18 heavy (non-hydrogen) atoms. The molecule has 94 valence electrons. The largest absolute Gasteiger partial charge is 0.464 e. The van der Waals surface area contributed by atoms with Crippen molar-refractivity contribution >= 4 is 29.2 Å². The third-order valence-electron chi connectivity index (χ3n) is 2.42. The van der Waals surface area contributed by atoms with E-state index in [-0.39, 0.29) is 5.69 Å². The van der Waals surface area contributed by atoms with E-state index in [4.69, 9.17) is 23.2 Å². The zero-order valence-corrected chi connectivity index (χ0v) is 11.3. The lowest BCUT2D eigenvalue weighted by atomic mass is 10.3. The zero-order valence-electron chi connectivity index (χ0n) is 9.78. The van der Waals surface area contributed by atoms with Crippen LogP contribution in [0.15, 0.2) is 24.3 Å². The number of methoxy groups -OCH3 is 1. The van der Waals surface area contributed by atoms with Crippen molar-refractivity contribution in [2.75, 3.05) is 7.11 Å². The average molecular weight is 285 g/mol. The van der Waals surface area contributed by atoms with Gasteiger partial charge in [-0.25, -0.2) is 9.48 Å². The van der Waals surface area contributed by atoms with Crippen LogP contribution in [0.1, 0.15) is 16.2 Å². The zero-order chi connectivity index (χ0) is 13.3. The van der Waals surface area contributed by atoms with Crippen molar-refractivity contribution in [3.8, 4) is 5.69 Å². The smallest absolute Gasteiger partial charge is 0.358 e. The SMILES string of the molecule is COC(=O)c1cc(C)n(-c2ccc(Cl)cc2Cl)n1. The molecule has 0 aliphatic heterocycles. The van der Waals surface area contributed by atoms with Crippen LogP contribution in [-0.2, 0) is 4.74 Å². The summed E-state index contributed by atoms with van der Waals surface area (Å²) in [6, 6.07) is 6.71. The molecule has 0 saturated heterocycles. The molecule has 2 rings (SSSR count). The molecular formula is C12H10Cl2N2O2. The van der Waals surface area contributed by atoms with Gasteiger partial charge in [0.25, 0.3) is 0 Å². The van der Waals surface area contributed by atoms with Crippen LogP contribution in [0, 0.1) is 6.92 Å². The number of aryl methyl sites for hydroxylation is 1. The van der Waals surface area contributed by atoms with Gasteiger partial charge in [0.1, 0.15) is 0 Å². The monoisotopic (exact) mass is 284 g/mol. The lowest BCUT2D eigenvalue weighted by Gasteiger charge is -2.06. The molecule has 0 aliphatic carbocycles. The number of nitrogens with zero attached hydrogens (tertiary/aromatic N) is 2. The Balaban J connectivity index is 2.51. The molecule has 1 aromatic carbocycles. The van der Waals surface area contributed by atoms with E-state index in [1.165, 1.54) is 7.11 Å². The van der Waals surface area contributed by atoms with Crippen LogP contribution >= 0.6 is 23.2 Å². The molecule has 1 heterocycles. The molecule has 0 fully saturated rings. The summed E-state index contributed by atoms with van der Waals surface area (Å²) in [5.41, 5.74) is 1.68. The third kappa shape index (κ3) is 2.35. The Bertz CT molecular complexity index is 608. The Morgan fingerprint density at radius 2 is 2.06 bits per heavy atom. The summed E-state index contributed by atoms with van der Waals surface area (Å²) in [6.07, 6.45) is 0. The molecule has 1 aromatic heterocycles. The van der Waals surface area contributed by atoms with Crippen molar-refractivity contribution in [3.05, 3.63) is 45.7 Å². The Kier molecular flexibility index (Phi) is 3.59. The number of rotatable bonds is 2. The Labute approximate surface area is 114 Å². The summed E-state index contributed by atoms with van der Waals surface area (Å²) in [4.78, 5) is 11.4. The first-order valence-electron chi connectivity index (χ1n) is 5.13. The van der Waals surface area contributed by atoms with Gasteiger partial charge >= 0.3 is 5.97 Å². The highest BCUT2D eigenvalue weighted by Crippen LogP contribution is 2.25. The van der Waals surface area contributed by atoms with Gasteiger partial charge in [-0.05, 0) is 31.2 Å². The summed E-state index contributed by atoms with van der Waals surface area (Å²) < 4.78 is 6.20. The number of esters is 1. The molecule has 2 aromatic rings. The highest BCUT2D eigenvalue weighted by molar-refractivity contribution is 6.35. The fraction of sp³-hybridized carbons (Fsp3) is 0.167. The maximum atomic E-state index is 11.4. The van der Waals surface area contributed by atoms with Crippen LogP contribution in [0.25, 0.3) is 5.69 Å².